The molecule has 0 spiro atoms. The van der Waals surface area contributed by atoms with Crippen LogP contribution in [0.2, 0.25) is 0 Å². The molecule has 1 aromatic carbocycles. The average Bonchev–Trinajstić information content (AvgIpc) is 2.53. The SMILES string of the molecule is CC(C)NC(=O)C(C#N)=Cc1ccc(N2CCOCC2)cc1. The van der Waals surface area contributed by atoms with Crippen LogP contribution >= 0.6 is 0 Å². The highest BCUT2D eigenvalue weighted by Crippen LogP contribution is 2.18. The molecule has 0 atom stereocenters. The lowest BCUT2D eigenvalue weighted by Crippen LogP contribution is -2.36. The quantitative estimate of drug-likeness (QED) is 0.682. The number of hydrogen-bond acceptors (Lipinski definition) is 4. The maximum Gasteiger partial charge on any atom is 0.262 e. The second-order valence-corrected chi connectivity index (χ2v) is 5.49. The molecule has 5 heteroatoms. The molecule has 2 rings (SSSR count). The van der Waals surface area contributed by atoms with Crippen molar-refractivity contribution in [1.29, 1.82) is 5.26 Å². The van der Waals surface area contributed by atoms with E-state index in [1.807, 2.05) is 44.2 Å². The zero-order chi connectivity index (χ0) is 15.9. The molecule has 1 N–H and O–H groups in total. The molecule has 116 valence electrons. The van der Waals surface area contributed by atoms with E-state index in [4.69, 9.17) is 10.00 Å². The van der Waals surface area contributed by atoms with Crippen LogP contribution in [0.1, 0.15) is 19.4 Å². The lowest BCUT2D eigenvalue weighted by atomic mass is 10.1. The highest BCUT2D eigenvalue weighted by atomic mass is 16.5. The van der Waals surface area contributed by atoms with Crippen molar-refractivity contribution < 1.29 is 9.53 Å². The van der Waals surface area contributed by atoms with Gasteiger partial charge in [0.15, 0.2) is 0 Å². The summed E-state index contributed by atoms with van der Waals surface area (Å²) in [5.41, 5.74) is 2.09. The molecule has 1 aliphatic heterocycles. The van der Waals surface area contributed by atoms with Crippen molar-refractivity contribution >= 4 is 17.7 Å². The standard InChI is InChI=1S/C17H21N3O2/c1-13(2)19-17(21)15(12-18)11-14-3-5-16(6-4-14)20-7-9-22-10-8-20/h3-6,11,13H,7-10H2,1-2H3,(H,19,21). The van der Waals surface area contributed by atoms with Gasteiger partial charge >= 0.3 is 0 Å². The number of morpholine rings is 1. The summed E-state index contributed by atoms with van der Waals surface area (Å²) < 4.78 is 5.34. The van der Waals surface area contributed by atoms with E-state index in [2.05, 4.69) is 10.2 Å². The monoisotopic (exact) mass is 299 g/mol. The molecular weight excluding hydrogens is 278 g/mol. The summed E-state index contributed by atoms with van der Waals surface area (Å²) >= 11 is 0. The van der Waals surface area contributed by atoms with Gasteiger partial charge in [0, 0.05) is 24.8 Å². The Hall–Kier alpha value is -2.32. The number of benzene rings is 1. The second-order valence-electron chi connectivity index (χ2n) is 5.49. The number of carbonyl (C=O) groups is 1. The molecule has 5 nitrogen and oxygen atoms in total. The number of carbonyl (C=O) groups excluding carboxylic acids is 1. The predicted molar refractivity (Wildman–Crippen MR) is 86.3 cm³/mol. The van der Waals surface area contributed by atoms with Gasteiger partial charge in [-0.15, -0.1) is 0 Å². The van der Waals surface area contributed by atoms with Crippen molar-refractivity contribution in [3.8, 4) is 6.07 Å². The van der Waals surface area contributed by atoms with E-state index in [9.17, 15) is 4.79 Å². The van der Waals surface area contributed by atoms with Crippen LogP contribution in [0, 0.1) is 11.3 Å². The first-order valence-electron chi connectivity index (χ1n) is 7.45. The molecule has 1 amide bonds. The lowest BCUT2D eigenvalue weighted by Gasteiger charge is -2.28. The van der Waals surface area contributed by atoms with Gasteiger partial charge in [-0.3, -0.25) is 4.79 Å². The van der Waals surface area contributed by atoms with Crippen LogP contribution in [0.3, 0.4) is 0 Å². The van der Waals surface area contributed by atoms with Crippen LogP contribution < -0.4 is 10.2 Å². The van der Waals surface area contributed by atoms with Crippen LogP contribution in [-0.2, 0) is 9.53 Å². The summed E-state index contributed by atoms with van der Waals surface area (Å²) in [4.78, 5) is 14.1. The second kappa shape index (κ2) is 7.62. The third-order valence-electron chi connectivity index (χ3n) is 3.37. The van der Waals surface area contributed by atoms with Crippen LogP contribution in [0.5, 0.6) is 0 Å². The first-order valence-corrected chi connectivity index (χ1v) is 7.45. The van der Waals surface area contributed by atoms with Gasteiger partial charge in [0.1, 0.15) is 11.6 Å². The number of rotatable bonds is 4. The zero-order valence-corrected chi connectivity index (χ0v) is 13.0. The molecule has 0 aliphatic carbocycles. The Balaban J connectivity index is 2.10. The Morgan fingerprint density at radius 3 is 2.50 bits per heavy atom. The van der Waals surface area contributed by atoms with Crippen LogP contribution in [0.15, 0.2) is 29.8 Å². The van der Waals surface area contributed by atoms with E-state index in [0.29, 0.717) is 0 Å². The molecule has 0 radical (unpaired) electrons. The van der Waals surface area contributed by atoms with Gasteiger partial charge < -0.3 is 15.0 Å². The molecule has 22 heavy (non-hydrogen) atoms. The normalized spacial score (nSPS) is 15.5. The Morgan fingerprint density at radius 2 is 1.95 bits per heavy atom. The van der Waals surface area contributed by atoms with E-state index in [1.54, 1.807) is 6.08 Å². The van der Waals surface area contributed by atoms with Crippen molar-refractivity contribution in [2.45, 2.75) is 19.9 Å². The summed E-state index contributed by atoms with van der Waals surface area (Å²) in [5.74, 6) is -0.338. The molecule has 0 bridgehead atoms. The number of ether oxygens (including phenoxy) is 1. The fraction of sp³-hybridized carbons (Fsp3) is 0.412. The molecular formula is C17H21N3O2. The van der Waals surface area contributed by atoms with Crippen molar-refractivity contribution in [2.75, 3.05) is 31.2 Å². The Bertz CT molecular complexity index is 579. The van der Waals surface area contributed by atoms with E-state index in [0.717, 1.165) is 37.6 Å². The Kier molecular flexibility index (Phi) is 5.56. The van der Waals surface area contributed by atoms with Crippen LogP contribution in [-0.4, -0.2) is 38.3 Å². The largest absolute Gasteiger partial charge is 0.378 e. The number of amides is 1. The first-order chi connectivity index (χ1) is 10.6. The minimum absolute atomic E-state index is 0.00736. The van der Waals surface area contributed by atoms with Crippen molar-refractivity contribution in [2.24, 2.45) is 0 Å². The van der Waals surface area contributed by atoms with Gasteiger partial charge in [-0.25, -0.2) is 0 Å². The van der Waals surface area contributed by atoms with Crippen LogP contribution in [0.25, 0.3) is 6.08 Å². The summed E-state index contributed by atoms with van der Waals surface area (Å²) in [7, 11) is 0. The highest BCUT2D eigenvalue weighted by molar-refractivity contribution is 6.01. The van der Waals surface area contributed by atoms with Crippen LogP contribution in [0.4, 0.5) is 5.69 Å². The topological polar surface area (TPSA) is 65.4 Å². The van der Waals surface area contributed by atoms with Gasteiger partial charge in [0.05, 0.1) is 13.2 Å². The summed E-state index contributed by atoms with van der Waals surface area (Å²) in [6, 6.07) is 9.82. The number of hydrogen-bond donors (Lipinski definition) is 1. The maximum atomic E-state index is 11.9. The summed E-state index contributed by atoms with van der Waals surface area (Å²) in [6.07, 6.45) is 1.61. The zero-order valence-electron chi connectivity index (χ0n) is 13.0. The smallest absolute Gasteiger partial charge is 0.262 e. The number of nitriles is 1. The fourth-order valence-corrected chi connectivity index (χ4v) is 2.26. The molecule has 1 aliphatic rings. The third kappa shape index (κ3) is 4.34. The minimum atomic E-state index is -0.338. The highest BCUT2D eigenvalue weighted by Gasteiger charge is 2.12. The predicted octanol–water partition coefficient (Wildman–Crippen LogP) is 1.95. The van der Waals surface area contributed by atoms with E-state index in [1.165, 1.54) is 0 Å². The van der Waals surface area contributed by atoms with Gasteiger partial charge in [-0.05, 0) is 37.6 Å². The van der Waals surface area contributed by atoms with Gasteiger partial charge in [-0.2, -0.15) is 5.26 Å². The maximum absolute atomic E-state index is 11.9. The summed E-state index contributed by atoms with van der Waals surface area (Å²) in [6.45, 7) is 6.99. The lowest BCUT2D eigenvalue weighted by molar-refractivity contribution is -0.117. The number of nitrogens with one attached hydrogen (secondary N) is 1. The molecule has 1 aromatic rings. The summed E-state index contributed by atoms with van der Waals surface area (Å²) in [5, 5.41) is 11.9. The molecule has 0 aromatic heterocycles. The number of anilines is 1. The van der Waals surface area contributed by atoms with Crippen molar-refractivity contribution in [3.05, 3.63) is 35.4 Å². The third-order valence-corrected chi connectivity index (χ3v) is 3.37. The van der Waals surface area contributed by atoms with Gasteiger partial charge in [0.25, 0.3) is 5.91 Å². The van der Waals surface area contributed by atoms with Gasteiger partial charge in [-0.1, -0.05) is 12.1 Å². The Labute approximate surface area is 131 Å². The average molecular weight is 299 g/mol. The number of nitrogens with zero attached hydrogens (tertiary/aromatic N) is 2. The van der Waals surface area contributed by atoms with E-state index < -0.39 is 0 Å². The first kappa shape index (κ1) is 16.1. The molecule has 0 unspecified atom stereocenters. The molecule has 1 saturated heterocycles. The van der Waals surface area contributed by atoms with E-state index >= 15 is 0 Å². The molecule has 1 fully saturated rings. The van der Waals surface area contributed by atoms with Gasteiger partial charge in [0.2, 0.25) is 0 Å². The molecule has 1 heterocycles. The van der Waals surface area contributed by atoms with Crippen molar-refractivity contribution in [1.82, 2.24) is 5.32 Å². The van der Waals surface area contributed by atoms with E-state index in [-0.39, 0.29) is 17.5 Å². The minimum Gasteiger partial charge on any atom is -0.378 e. The van der Waals surface area contributed by atoms with Crippen molar-refractivity contribution in [3.63, 3.8) is 0 Å². The fourth-order valence-electron chi connectivity index (χ4n) is 2.26. The molecule has 0 saturated carbocycles. The Morgan fingerprint density at radius 1 is 1.32 bits per heavy atom.